The maximum Gasteiger partial charge on any atom is 0.339 e. The fourth-order valence-corrected chi connectivity index (χ4v) is 4.41. The fourth-order valence-electron chi connectivity index (χ4n) is 2.91. The van der Waals surface area contributed by atoms with Gasteiger partial charge in [-0.3, -0.25) is 0 Å². The van der Waals surface area contributed by atoms with Crippen LogP contribution in [0.25, 0.3) is 0 Å². The molecule has 1 aliphatic heterocycles. The number of sulfonamides is 1. The molecule has 0 aliphatic carbocycles. The van der Waals surface area contributed by atoms with E-state index in [2.05, 4.69) is 14.8 Å². The van der Waals surface area contributed by atoms with Crippen LogP contribution in [0.4, 0.5) is 0 Å². The maximum atomic E-state index is 12.6. The van der Waals surface area contributed by atoms with Crippen molar-refractivity contribution < 1.29 is 22.7 Å². The van der Waals surface area contributed by atoms with Crippen molar-refractivity contribution in [1.82, 2.24) is 10.0 Å². The Balaban J connectivity index is 0.00000338. The third kappa shape index (κ3) is 5.55. The molecule has 1 aliphatic rings. The summed E-state index contributed by atoms with van der Waals surface area (Å²) in [6, 6.07) is 3.94. The highest BCUT2D eigenvalue weighted by atomic mass is 35.5. The number of rotatable bonds is 7. The van der Waals surface area contributed by atoms with Crippen molar-refractivity contribution in [2.75, 3.05) is 40.5 Å². The smallest absolute Gasteiger partial charge is 0.339 e. The Morgan fingerprint density at radius 1 is 1.31 bits per heavy atom. The third-order valence-electron chi connectivity index (χ3n) is 4.41. The van der Waals surface area contributed by atoms with Gasteiger partial charge in [0.1, 0.15) is 0 Å². The fraction of sp³-hybridized carbons (Fsp3) is 0.562. The monoisotopic (exact) mass is 426 g/mol. The van der Waals surface area contributed by atoms with E-state index in [4.69, 9.17) is 16.3 Å². The molecule has 148 valence electrons. The summed E-state index contributed by atoms with van der Waals surface area (Å²) in [5, 5.41) is 3.29. The molecule has 10 heteroatoms. The molecule has 0 unspecified atom stereocenters. The first kappa shape index (κ1) is 23.1. The number of carbonyl (C=O) groups is 1. The van der Waals surface area contributed by atoms with E-state index in [1.54, 1.807) is 7.11 Å². The van der Waals surface area contributed by atoms with Crippen molar-refractivity contribution >= 4 is 40.0 Å². The molecule has 26 heavy (non-hydrogen) atoms. The lowest BCUT2D eigenvalue weighted by Gasteiger charge is -2.37. The number of hydrogen-bond acceptors (Lipinski definition) is 6. The summed E-state index contributed by atoms with van der Waals surface area (Å²) in [5.74, 6) is -0.615. The molecule has 2 rings (SSSR count). The van der Waals surface area contributed by atoms with E-state index in [-0.39, 0.29) is 39.8 Å². The van der Waals surface area contributed by atoms with Crippen molar-refractivity contribution in [2.24, 2.45) is 5.41 Å². The van der Waals surface area contributed by atoms with E-state index >= 15 is 0 Å². The van der Waals surface area contributed by atoms with Crippen LogP contribution < -0.4 is 10.0 Å². The molecule has 0 bridgehead atoms. The first-order valence-corrected chi connectivity index (χ1v) is 9.77. The average molecular weight is 427 g/mol. The van der Waals surface area contributed by atoms with Gasteiger partial charge in [-0.15, -0.1) is 12.4 Å². The van der Waals surface area contributed by atoms with E-state index in [1.807, 2.05) is 0 Å². The number of ether oxygens (including phenoxy) is 2. The second-order valence-electron chi connectivity index (χ2n) is 6.14. The molecule has 1 heterocycles. The van der Waals surface area contributed by atoms with Gasteiger partial charge in [0.15, 0.2) is 0 Å². The number of benzene rings is 1. The summed E-state index contributed by atoms with van der Waals surface area (Å²) < 4.78 is 37.7. The zero-order chi connectivity index (χ0) is 18.5. The molecular weight excluding hydrogens is 403 g/mol. The first-order valence-electron chi connectivity index (χ1n) is 7.91. The van der Waals surface area contributed by atoms with Crippen molar-refractivity contribution in [3.8, 4) is 0 Å². The predicted octanol–water partition coefficient (Wildman–Crippen LogP) is 1.84. The molecule has 7 nitrogen and oxygen atoms in total. The highest BCUT2D eigenvalue weighted by Crippen LogP contribution is 2.29. The molecule has 1 fully saturated rings. The van der Waals surface area contributed by atoms with Gasteiger partial charge in [0, 0.05) is 19.1 Å². The van der Waals surface area contributed by atoms with Crippen LogP contribution in [0.1, 0.15) is 23.2 Å². The maximum absolute atomic E-state index is 12.6. The number of halogens is 2. The molecule has 0 saturated carbocycles. The number of nitrogens with one attached hydrogen (secondary N) is 2. The predicted molar refractivity (Wildman–Crippen MR) is 102 cm³/mol. The van der Waals surface area contributed by atoms with Crippen LogP contribution in [0.15, 0.2) is 23.1 Å². The zero-order valence-corrected chi connectivity index (χ0v) is 17.1. The van der Waals surface area contributed by atoms with Crippen molar-refractivity contribution in [2.45, 2.75) is 17.7 Å². The second-order valence-corrected chi connectivity index (χ2v) is 8.31. The Bertz CT molecular complexity index is 716. The minimum atomic E-state index is -3.75. The van der Waals surface area contributed by atoms with E-state index in [0.29, 0.717) is 6.61 Å². The first-order chi connectivity index (χ1) is 11.8. The Morgan fingerprint density at radius 3 is 2.50 bits per heavy atom. The van der Waals surface area contributed by atoms with Gasteiger partial charge in [-0.05, 0) is 44.1 Å². The van der Waals surface area contributed by atoms with E-state index in [0.717, 1.165) is 25.9 Å². The Hall–Kier alpha value is -0.900. The molecule has 0 radical (unpaired) electrons. The Morgan fingerprint density at radius 2 is 1.96 bits per heavy atom. The standard InChI is InChI=1S/C16H23ClN2O5S.ClH/c1-23-11-16(5-7-18-8-6-16)10-19-25(21,22)12-3-4-13(14(17)9-12)15(20)24-2;/h3-4,9,18-19H,5-8,10-11H2,1-2H3;1H. The molecule has 0 amide bonds. The Labute approximate surface area is 165 Å². The number of esters is 1. The summed E-state index contributed by atoms with van der Waals surface area (Å²) in [6.07, 6.45) is 1.65. The van der Waals surface area contributed by atoms with Gasteiger partial charge in [-0.25, -0.2) is 17.9 Å². The quantitative estimate of drug-likeness (QED) is 0.646. The van der Waals surface area contributed by atoms with Gasteiger partial charge >= 0.3 is 5.97 Å². The van der Waals surface area contributed by atoms with Crippen LogP contribution in [-0.2, 0) is 19.5 Å². The second kappa shape index (κ2) is 9.87. The lowest BCUT2D eigenvalue weighted by atomic mass is 9.80. The summed E-state index contributed by atoms with van der Waals surface area (Å²) in [4.78, 5) is 11.6. The van der Waals surface area contributed by atoms with Crippen molar-refractivity contribution in [1.29, 1.82) is 0 Å². The molecule has 0 aromatic heterocycles. The van der Waals surface area contributed by atoms with E-state index < -0.39 is 16.0 Å². The Kier molecular flexibility index (Phi) is 8.78. The summed E-state index contributed by atoms with van der Waals surface area (Å²) in [6.45, 7) is 2.41. The van der Waals surface area contributed by atoms with Gasteiger partial charge < -0.3 is 14.8 Å². The number of piperidine rings is 1. The van der Waals surface area contributed by atoms with Crippen LogP contribution in [0.5, 0.6) is 0 Å². The van der Waals surface area contributed by atoms with Gasteiger partial charge in [0.25, 0.3) is 0 Å². The molecule has 1 saturated heterocycles. The lowest BCUT2D eigenvalue weighted by Crippen LogP contribution is -2.47. The van der Waals surface area contributed by atoms with Gasteiger partial charge in [-0.1, -0.05) is 11.6 Å². The van der Waals surface area contributed by atoms with Crippen LogP contribution in [-0.4, -0.2) is 54.8 Å². The molecule has 1 aromatic rings. The lowest BCUT2D eigenvalue weighted by molar-refractivity contribution is 0.0577. The summed E-state index contributed by atoms with van der Waals surface area (Å²) in [5.41, 5.74) is -0.111. The number of methoxy groups -OCH3 is 2. The van der Waals surface area contributed by atoms with Crippen molar-refractivity contribution in [3.63, 3.8) is 0 Å². The highest BCUT2D eigenvalue weighted by molar-refractivity contribution is 7.89. The molecule has 0 atom stereocenters. The van der Waals surface area contributed by atoms with Crippen LogP contribution >= 0.6 is 24.0 Å². The number of hydrogen-bond donors (Lipinski definition) is 2. The van der Waals surface area contributed by atoms with Gasteiger partial charge in [0.05, 0.1) is 29.2 Å². The SMILES string of the molecule is COCC1(CNS(=O)(=O)c2ccc(C(=O)OC)c(Cl)c2)CCNCC1.Cl. The summed E-state index contributed by atoms with van der Waals surface area (Å²) in [7, 11) is -0.900. The molecular formula is C16H24Cl2N2O5S. The van der Waals surface area contributed by atoms with E-state index in [1.165, 1.54) is 25.3 Å². The average Bonchev–Trinajstić information content (AvgIpc) is 2.60. The van der Waals surface area contributed by atoms with Crippen LogP contribution in [0, 0.1) is 5.41 Å². The molecule has 1 aromatic carbocycles. The van der Waals surface area contributed by atoms with E-state index in [9.17, 15) is 13.2 Å². The third-order valence-corrected chi connectivity index (χ3v) is 6.12. The largest absolute Gasteiger partial charge is 0.465 e. The highest BCUT2D eigenvalue weighted by Gasteiger charge is 2.33. The normalized spacial score (nSPS) is 16.6. The summed E-state index contributed by atoms with van der Waals surface area (Å²) >= 11 is 6.01. The zero-order valence-electron chi connectivity index (χ0n) is 14.7. The molecule has 2 N–H and O–H groups in total. The topological polar surface area (TPSA) is 93.7 Å². The van der Waals surface area contributed by atoms with Gasteiger partial charge in [0.2, 0.25) is 10.0 Å². The number of carbonyl (C=O) groups excluding carboxylic acids is 1. The minimum Gasteiger partial charge on any atom is -0.465 e. The van der Waals surface area contributed by atoms with Crippen LogP contribution in [0.2, 0.25) is 5.02 Å². The van der Waals surface area contributed by atoms with Crippen LogP contribution in [0.3, 0.4) is 0 Å². The minimum absolute atomic E-state index is 0. The van der Waals surface area contributed by atoms with Gasteiger partial charge in [-0.2, -0.15) is 0 Å². The molecule has 0 spiro atoms. The van der Waals surface area contributed by atoms with Crippen molar-refractivity contribution in [3.05, 3.63) is 28.8 Å².